The molecule has 152 valence electrons. The normalized spacial score (nSPS) is 15.8. The Morgan fingerprint density at radius 3 is 2.04 bits per heavy atom. The van der Waals surface area contributed by atoms with Crippen molar-refractivity contribution < 1.29 is 13.2 Å². The van der Waals surface area contributed by atoms with E-state index in [0.29, 0.717) is 5.56 Å². The van der Waals surface area contributed by atoms with E-state index >= 15 is 0 Å². The Morgan fingerprint density at radius 1 is 0.821 bits per heavy atom. The smallest absolute Gasteiger partial charge is 0.303 e. The van der Waals surface area contributed by atoms with Crippen molar-refractivity contribution in [1.82, 2.24) is 4.90 Å². The van der Waals surface area contributed by atoms with Gasteiger partial charge >= 0.3 is 6.18 Å². The van der Waals surface area contributed by atoms with Crippen LogP contribution < -0.4 is 0 Å². The molecule has 2 aromatic carbocycles. The number of aryl methyl sites for hydroxylation is 1. The molecule has 0 saturated heterocycles. The highest BCUT2D eigenvalue weighted by atomic mass is 19.4. The standard InChI is InChI=1S/C24H30F3N/c1-2-17-28(19-14-20-7-4-3-5-8-20)18-6-9-21-10-12-22(13-11-21)23(15-16-23)24(25,26)27/h3-5,7-8,10-13H,2,6,9,14-19H2,1H3. The van der Waals surface area contributed by atoms with E-state index in [4.69, 9.17) is 0 Å². The molecule has 2 aromatic rings. The molecule has 0 bridgehead atoms. The van der Waals surface area contributed by atoms with Crippen LogP contribution in [0.25, 0.3) is 0 Å². The molecule has 0 radical (unpaired) electrons. The number of halogens is 3. The van der Waals surface area contributed by atoms with Crippen LogP contribution in [0.3, 0.4) is 0 Å². The molecule has 1 nitrogen and oxygen atoms in total. The zero-order chi connectivity index (χ0) is 20.0. The topological polar surface area (TPSA) is 3.24 Å². The van der Waals surface area contributed by atoms with Crippen molar-refractivity contribution in [3.05, 3.63) is 71.3 Å². The first-order valence-electron chi connectivity index (χ1n) is 10.4. The lowest BCUT2D eigenvalue weighted by molar-refractivity contribution is -0.160. The van der Waals surface area contributed by atoms with E-state index in [9.17, 15) is 13.2 Å². The summed E-state index contributed by atoms with van der Waals surface area (Å²) in [6, 6.07) is 17.7. The minimum Gasteiger partial charge on any atom is -0.303 e. The van der Waals surface area contributed by atoms with Crippen LogP contribution in [0.1, 0.15) is 49.3 Å². The van der Waals surface area contributed by atoms with Gasteiger partial charge in [-0.3, -0.25) is 0 Å². The summed E-state index contributed by atoms with van der Waals surface area (Å²) in [5.41, 5.74) is 1.35. The van der Waals surface area contributed by atoms with Crippen LogP contribution in [0.2, 0.25) is 0 Å². The predicted octanol–water partition coefficient (Wildman–Crippen LogP) is 6.17. The van der Waals surface area contributed by atoms with E-state index in [-0.39, 0.29) is 12.8 Å². The maximum Gasteiger partial charge on any atom is 0.398 e. The number of nitrogens with zero attached hydrogens (tertiary/aromatic N) is 1. The fourth-order valence-corrected chi connectivity index (χ4v) is 3.94. The zero-order valence-corrected chi connectivity index (χ0v) is 16.6. The summed E-state index contributed by atoms with van der Waals surface area (Å²) in [4.78, 5) is 2.49. The third-order valence-electron chi connectivity index (χ3n) is 5.84. The quantitative estimate of drug-likeness (QED) is 0.470. The molecule has 0 amide bonds. The van der Waals surface area contributed by atoms with Gasteiger partial charge in [0.2, 0.25) is 0 Å². The molecule has 0 heterocycles. The largest absolute Gasteiger partial charge is 0.398 e. The fourth-order valence-electron chi connectivity index (χ4n) is 3.94. The van der Waals surface area contributed by atoms with Crippen molar-refractivity contribution in [2.75, 3.05) is 19.6 Å². The SMILES string of the molecule is CCCN(CCCc1ccc(C2(C(F)(F)F)CC2)cc1)CCc1ccccc1. The molecular weight excluding hydrogens is 359 g/mol. The lowest BCUT2D eigenvalue weighted by Crippen LogP contribution is -2.28. The summed E-state index contributed by atoms with van der Waals surface area (Å²) in [6.45, 7) is 5.35. The molecule has 1 aliphatic carbocycles. The molecule has 1 aliphatic rings. The number of alkyl halides is 3. The zero-order valence-electron chi connectivity index (χ0n) is 16.6. The number of hydrogen-bond acceptors (Lipinski definition) is 1. The van der Waals surface area contributed by atoms with Gasteiger partial charge in [-0.1, -0.05) is 61.5 Å². The van der Waals surface area contributed by atoms with Gasteiger partial charge < -0.3 is 4.90 Å². The highest BCUT2D eigenvalue weighted by Crippen LogP contribution is 2.58. The molecule has 0 N–H and O–H groups in total. The minimum absolute atomic E-state index is 0.225. The second-order valence-electron chi connectivity index (χ2n) is 7.96. The van der Waals surface area contributed by atoms with Crippen LogP contribution in [-0.4, -0.2) is 30.7 Å². The van der Waals surface area contributed by atoms with Crippen molar-refractivity contribution >= 4 is 0 Å². The highest BCUT2D eigenvalue weighted by molar-refractivity contribution is 5.35. The maximum absolute atomic E-state index is 13.2. The van der Waals surface area contributed by atoms with Crippen molar-refractivity contribution in [3.63, 3.8) is 0 Å². The first-order valence-corrected chi connectivity index (χ1v) is 10.4. The summed E-state index contributed by atoms with van der Waals surface area (Å²) in [6.07, 6.45) is 0.432. The van der Waals surface area contributed by atoms with Crippen molar-refractivity contribution in [2.24, 2.45) is 0 Å². The molecular formula is C24H30F3N. The summed E-state index contributed by atoms with van der Waals surface area (Å²) in [7, 11) is 0. The Labute approximate surface area is 166 Å². The van der Waals surface area contributed by atoms with E-state index < -0.39 is 11.6 Å². The molecule has 0 atom stereocenters. The first kappa shape index (κ1) is 20.9. The maximum atomic E-state index is 13.2. The van der Waals surface area contributed by atoms with Crippen LogP contribution in [0, 0.1) is 0 Å². The van der Waals surface area contributed by atoms with Crippen molar-refractivity contribution in [1.29, 1.82) is 0 Å². The second-order valence-corrected chi connectivity index (χ2v) is 7.96. The van der Waals surface area contributed by atoms with E-state index in [2.05, 4.69) is 36.1 Å². The van der Waals surface area contributed by atoms with Crippen LogP contribution in [0.15, 0.2) is 54.6 Å². The molecule has 4 heteroatoms. The molecule has 1 fully saturated rings. The summed E-state index contributed by atoms with van der Waals surface area (Å²) in [5, 5.41) is 0. The summed E-state index contributed by atoms with van der Waals surface area (Å²) in [5.74, 6) is 0. The Morgan fingerprint density at radius 2 is 1.46 bits per heavy atom. The van der Waals surface area contributed by atoms with Gasteiger partial charge in [0.25, 0.3) is 0 Å². The molecule has 0 unspecified atom stereocenters. The van der Waals surface area contributed by atoms with E-state index in [1.165, 1.54) is 5.56 Å². The molecule has 0 aromatic heterocycles. The molecule has 0 spiro atoms. The molecule has 3 rings (SSSR count). The van der Waals surface area contributed by atoms with Gasteiger partial charge in [0, 0.05) is 6.54 Å². The molecule has 0 aliphatic heterocycles. The van der Waals surface area contributed by atoms with Crippen LogP contribution >= 0.6 is 0 Å². The van der Waals surface area contributed by atoms with Crippen LogP contribution in [0.5, 0.6) is 0 Å². The Kier molecular flexibility index (Phi) is 6.82. The van der Waals surface area contributed by atoms with E-state index in [1.807, 2.05) is 18.2 Å². The highest BCUT2D eigenvalue weighted by Gasteiger charge is 2.64. The minimum atomic E-state index is -4.13. The van der Waals surface area contributed by atoms with Gasteiger partial charge in [-0.2, -0.15) is 13.2 Å². The number of rotatable bonds is 10. The number of hydrogen-bond donors (Lipinski definition) is 0. The Hall–Kier alpha value is -1.81. The van der Waals surface area contributed by atoms with Crippen LogP contribution in [0.4, 0.5) is 13.2 Å². The van der Waals surface area contributed by atoms with E-state index in [0.717, 1.165) is 50.9 Å². The lowest BCUT2D eigenvalue weighted by atomic mass is 9.94. The van der Waals surface area contributed by atoms with Gasteiger partial charge in [-0.15, -0.1) is 0 Å². The van der Waals surface area contributed by atoms with Gasteiger partial charge in [-0.25, -0.2) is 0 Å². The fraction of sp³-hybridized carbons (Fsp3) is 0.500. The van der Waals surface area contributed by atoms with Crippen LogP contribution in [-0.2, 0) is 18.3 Å². The third kappa shape index (κ3) is 5.16. The van der Waals surface area contributed by atoms with E-state index in [1.54, 1.807) is 12.1 Å². The molecule has 28 heavy (non-hydrogen) atoms. The third-order valence-corrected chi connectivity index (χ3v) is 5.84. The average Bonchev–Trinajstić information content (AvgIpc) is 3.49. The predicted molar refractivity (Wildman–Crippen MR) is 109 cm³/mol. The van der Waals surface area contributed by atoms with Gasteiger partial charge in [0.1, 0.15) is 0 Å². The number of benzene rings is 2. The van der Waals surface area contributed by atoms with Crippen molar-refractivity contribution in [3.8, 4) is 0 Å². The molecule has 1 saturated carbocycles. The second kappa shape index (κ2) is 9.13. The van der Waals surface area contributed by atoms with Gasteiger partial charge in [0.15, 0.2) is 0 Å². The Balaban J connectivity index is 1.47. The lowest BCUT2D eigenvalue weighted by Gasteiger charge is -2.22. The average molecular weight is 390 g/mol. The summed E-state index contributed by atoms with van der Waals surface area (Å²) >= 11 is 0. The van der Waals surface area contributed by atoms with Gasteiger partial charge in [0.05, 0.1) is 5.41 Å². The van der Waals surface area contributed by atoms with Gasteiger partial charge in [-0.05, 0) is 68.3 Å². The summed E-state index contributed by atoms with van der Waals surface area (Å²) < 4.78 is 39.7. The first-order chi connectivity index (χ1) is 13.4. The monoisotopic (exact) mass is 389 g/mol. The Bertz CT molecular complexity index is 718. The van der Waals surface area contributed by atoms with Crippen molar-refractivity contribution in [2.45, 2.75) is 57.0 Å².